The number of imide groups is 1. The quantitative estimate of drug-likeness (QED) is 0.542. The molecule has 0 aliphatic heterocycles. The number of nitrogens with one attached hydrogen (secondary N) is 1. The zero-order valence-electron chi connectivity index (χ0n) is 5.93. The van der Waals surface area contributed by atoms with E-state index < -0.39 is 12.0 Å². The predicted molar refractivity (Wildman–Crippen MR) is 35.4 cm³/mol. The van der Waals surface area contributed by atoms with Crippen LogP contribution in [0.25, 0.3) is 0 Å². The van der Waals surface area contributed by atoms with Crippen LogP contribution in [0.4, 0.5) is 4.79 Å². The van der Waals surface area contributed by atoms with E-state index in [9.17, 15) is 9.59 Å². The van der Waals surface area contributed by atoms with Crippen LogP contribution in [0, 0.1) is 0 Å². The van der Waals surface area contributed by atoms with Crippen LogP contribution in [-0.2, 0) is 9.53 Å². The molecule has 0 aromatic rings. The monoisotopic (exact) mass is 143 g/mol. The van der Waals surface area contributed by atoms with Gasteiger partial charge in [-0.05, 0) is 6.92 Å². The maximum absolute atomic E-state index is 10.6. The smallest absolute Gasteiger partial charge is 0.413 e. The Hall–Kier alpha value is -1.32. The molecule has 0 radical (unpaired) electrons. The summed E-state index contributed by atoms with van der Waals surface area (Å²) in [4.78, 5) is 20.9. The highest BCUT2D eigenvalue weighted by Crippen LogP contribution is 1.85. The normalized spacial score (nSPS) is 8.20. The van der Waals surface area contributed by atoms with Crippen LogP contribution < -0.4 is 5.32 Å². The van der Waals surface area contributed by atoms with Crippen molar-refractivity contribution in [2.45, 2.75) is 6.92 Å². The molecule has 0 spiro atoms. The maximum Gasteiger partial charge on any atom is 0.413 e. The highest BCUT2D eigenvalue weighted by molar-refractivity contribution is 6.01. The Balaban J connectivity index is 3.80. The van der Waals surface area contributed by atoms with Gasteiger partial charge < -0.3 is 4.74 Å². The summed E-state index contributed by atoms with van der Waals surface area (Å²) in [6.07, 6.45) is -0.770. The summed E-state index contributed by atoms with van der Waals surface area (Å²) in [6.45, 7) is 4.82. The summed E-state index contributed by atoms with van der Waals surface area (Å²) in [7, 11) is 1.18. The van der Waals surface area contributed by atoms with Crippen molar-refractivity contribution >= 4 is 12.0 Å². The molecular formula is C6H9NO3. The average Bonchev–Trinajstić information content (AvgIpc) is 1.87. The van der Waals surface area contributed by atoms with Crippen LogP contribution in [0.2, 0.25) is 0 Å². The van der Waals surface area contributed by atoms with E-state index in [4.69, 9.17) is 0 Å². The molecule has 0 fully saturated rings. The van der Waals surface area contributed by atoms with Crippen LogP contribution in [0.15, 0.2) is 12.2 Å². The number of amides is 2. The minimum absolute atomic E-state index is 0.269. The third-order valence-corrected chi connectivity index (χ3v) is 0.789. The molecule has 0 saturated carbocycles. The Bertz CT molecular complexity index is 174. The van der Waals surface area contributed by atoms with Crippen molar-refractivity contribution in [3.63, 3.8) is 0 Å². The van der Waals surface area contributed by atoms with Crippen molar-refractivity contribution in [1.29, 1.82) is 0 Å². The summed E-state index contributed by atoms with van der Waals surface area (Å²) < 4.78 is 4.16. The summed E-state index contributed by atoms with van der Waals surface area (Å²) >= 11 is 0. The third kappa shape index (κ3) is 2.86. The summed E-state index contributed by atoms with van der Waals surface area (Å²) in [5, 5.41) is 1.93. The SMILES string of the molecule is C=C(C)C(=O)NC(=O)OC. The molecule has 4 nitrogen and oxygen atoms in total. The average molecular weight is 143 g/mol. The maximum atomic E-state index is 10.6. The lowest BCUT2D eigenvalue weighted by atomic mass is 10.3. The molecular weight excluding hydrogens is 134 g/mol. The van der Waals surface area contributed by atoms with E-state index >= 15 is 0 Å². The van der Waals surface area contributed by atoms with Crippen LogP contribution in [-0.4, -0.2) is 19.1 Å². The van der Waals surface area contributed by atoms with E-state index in [1.54, 1.807) is 0 Å². The van der Waals surface area contributed by atoms with Gasteiger partial charge in [0.25, 0.3) is 5.91 Å². The van der Waals surface area contributed by atoms with Gasteiger partial charge in [-0.15, -0.1) is 0 Å². The van der Waals surface area contributed by atoms with Gasteiger partial charge in [0, 0.05) is 5.57 Å². The molecule has 10 heavy (non-hydrogen) atoms. The molecule has 0 aliphatic carbocycles. The molecule has 0 aromatic carbocycles. The van der Waals surface area contributed by atoms with Gasteiger partial charge in [0.1, 0.15) is 0 Å². The molecule has 56 valence electrons. The second-order valence-corrected chi connectivity index (χ2v) is 1.73. The molecule has 0 aromatic heterocycles. The van der Waals surface area contributed by atoms with E-state index in [2.05, 4.69) is 11.3 Å². The second kappa shape index (κ2) is 3.66. The number of hydrogen-bond donors (Lipinski definition) is 1. The van der Waals surface area contributed by atoms with Crippen molar-refractivity contribution in [2.75, 3.05) is 7.11 Å². The standard InChI is InChI=1S/C6H9NO3/c1-4(2)5(8)7-6(9)10-3/h1H2,2-3H3,(H,7,8,9). The van der Waals surface area contributed by atoms with E-state index in [1.165, 1.54) is 14.0 Å². The van der Waals surface area contributed by atoms with Crippen molar-refractivity contribution < 1.29 is 14.3 Å². The van der Waals surface area contributed by atoms with Gasteiger partial charge in [0.05, 0.1) is 7.11 Å². The molecule has 0 bridgehead atoms. The van der Waals surface area contributed by atoms with E-state index in [0.29, 0.717) is 0 Å². The zero-order valence-corrected chi connectivity index (χ0v) is 5.93. The van der Waals surface area contributed by atoms with Gasteiger partial charge in [-0.2, -0.15) is 0 Å². The minimum atomic E-state index is -0.770. The van der Waals surface area contributed by atoms with Gasteiger partial charge in [-0.1, -0.05) is 6.58 Å². The van der Waals surface area contributed by atoms with Gasteiger partial charge in [-0.25, -0.2) is 4.79 Å². The van der Waals surface area contributed by atoms with Crippen molar-refractivity contribution in [2.24, 2.45) is 0 Å². The molecule has 0 saturated heterocycles. The summed E-state index contributed by atoms with van der Waals surface area (Å²) in [6, 6.07) is 0. The molecule has 0 atom stereocenters. The number of rotatable bonds is 1. The van der Waals surface area contributed by atoms with Crippen LogP contribution in [0.1, 0.15) is 6.92 Å². The van der Waals surface area contributed by atoms with Crippen molar-refractivity contribution in [3.05, 3.63) is 12.2 Å². The fourth-order valence-electron chi connectivity index (χ4n) is 0.250. The number of carbonyl (C=O) groups is 2. The summed E-state index contributed by atoms with van der Waals surface area (Å²) in [5.74, 6) is -0.521. The van der Waals surface area contributed by atoms with E-state index in [0.717, 1.165) is 0 Å². The fourth-order valence-corrected chi connectivity index (χ4v) is 0.250. The predicted octanol–water partition coefficient (Wildman–Crippen LogP) is 0.445. The first-order valence-electron chi connectivity index (χ1n) is 2.62. The molecule has 0 heterocycles. The Morgan fingerprint density at radius 3 is 2.30 bits per heavy atom. The number of methoxy groups -OCH3 is 1. The van der Waals surface area contributed by atoms with Crippen LogP contribution >= 0.6 is 0 Å². The van der Waals surface area contributed by atoms with Gasteiger partial charge in [-0.3, -0.25) is 10.1 Å². The van der Waals surface area contributed by atoms with E-state index in [-0.39, 0.29) is 5.57 Å². The molecule has 1 N–H and O–H groups in total. The molecule has 0 aliphatic rings. The molecule has 0 unspecified atom stereocenters. The first-order chi connectivity index (χ1) is 4.57. The van der Waals surface area contributed by atoms with Crippen molar-refractivity contribution in [1.82, 2.24) is 5.32 Å². The lowest BCUT2D eigenvalue weighted by Crippen LogP contribution is -2.30. The van der Waals surface area contributed by atoms with E-state index in [1.807, 2.05) is 5.32 Å². The number of ether oxygens (including phenoxy) is 1. The highest BCUT2D eigenvalue weighted by atomic mass is 16.5. The van der Waals surface area contributed by atoms with Gasteiger partial charge in [0.2, 0.25) is 0 Å². The first kappa shape index (κ1) is 8.68. The number of alkyl carbamates (subject to hydrolysis) is 1. The molecule has 2 amide bonds. The van der Waals surface area contributed by atoms with Crippen LogP contribution in [0.5, 0.6) is 0 Å². The Kier molecular flexibility index (Phi) is 3.17. The Labute approximate surface area is 58.9 Å². The van der Waals surface area contributed by atoms with Crippen molar-refractivity contribution in [3.8, 4) is 0 Å². The first-order valence-corrected chi connectivity index (χ1v) is 2.62. The third-order valence-electron chi connectivity index (χ3n) is 0.789. The van der Waals surface area contributed by atoms with Gasteiger partial charge >= 0.3 is 6.09 Å². The minimum Gasteiger partial charge on any atom is -0.453 e. The fraction of sp³-hybridized carbons (Fsp3) is 0.333. The number of carbonyl (C=O) groups excluding carboxylic acids is 2. The number of hydrogen-bond acceptors (Lipinski definition) is 3. The lowest BCUT2D eigenvalue weighted by molar-refractivity contribution is -0.116. The van der Waals surface area contributed by atoms with Gasteiger partial charge in [0.15, 0.2) is 0 Å². The van der Waals surface area contributed by atoms with Crippen LogP contribution in [0.3, 0.4) is 0 Å². The highest BCUT2D eigenvalue weighted by Gasteiger charge is 2.05. The molecule has 0 rings (SSSR count). The Morgan fingerprint density at radius 1 is 1.50 bits per heavy atom. The lowest BCUT2D eigenvalue weighted by Gasteiger charge is -1.99. The Morgan fingerprint density at radius 2 is 2.00 bits per heavy atom. The zero-order chi connectivity index (χ0) is 8.15. The topological polar surface area (TPSA) is 55.4 Å². The largest absolute Gasteiger partial charge is 0.453 e. The second-order valence-electron chi connectivity index (χ2n) is 1.73. The summed E-state index contributed by atoms with van der Waals surface area (Å²) in [5.41, 5.74) is 0.269. The molecule has 4 heteroatoms.